The SMILES string of the molecule is Cc1noc(-c2ccccc2C(=O)N2CCNC(C)C2)n1.Cl. The molecule has 1 aliphatic rings. The van der Waals surface area contributed by atoms with Crippen LogP contribution in [-0.2, 0) is 0 Å². The molecule has 2 heterocycles. The molecule has 3 rings (SSSR count). The zero-order valence-electron chi connectivity index (χ0n) is 12.6. The highest BCUT2D eigenvalue weighted by molar-refractivity contribution is 6.00. The Morgan fingerprint density at radius 2 is 2.18 bits per heavy atom. The quantitative estimate of drug-likeness (QED) is 0.914. The van der Waals surface area contributed by atoms with Gasteiger partial charge >= 0.3 is 0 Å². The van der Waals surface area contributed by atoms with Crippen molar-refractivity contribution < 1.29 is 9.32 Å². The van der Waals surface area contributed by atoms with Crippen molar-refractivity contribution in [3.8, 4) is 11.5 Å². The van der Waals surface area contributed by atoms with Crippen molar-refractivity contribution in [1.29, 1.82) is 0 Å². The molecule has 1 aliphatic heterocycles. The number of halogens is 1. The van der Waals surface area contributed by atoms with Gasteiger partial charge in [-0.15, -0.1) is 12.4 Å². The molecule has 22 heavy (non-hydrogen) atoms. The van der Waals surface area contributed by atoms with Gasteiger partial charge in [-0.3, -0.25) is 4.79 Å². The summed E-state index contributed by atoms with van der Waals surface area (Å²) >= 11 is 0. The maximum absolute atomic E-state index is 12.8. The molecule has 1 unspecified atom stereocenters. The molecule has 0 saturated carbocycles. The first-order chi connectivity index (χ1) is 10.1. The molecule has 0 aliphatic carbocycles. The van der Waals surface area contributed by atoms with Crippen molar-refractivity contribution in [3.05, 3.63) is 35.7 Å². The van der Waals surface area contributed by atoms with Gasteiger partial charge in [0.05, 0.1) is 11.1 Å². The van der Waals surface area contributed by atoms with E-state index in [2.05, 4.69) is 22.4 Å². The van der Waals surface area contributed by atoms with Gasteiger partial charge in [0, 0.05) is 25.7 Å². The number of amides is 1. The molecule has 1 saturated heterocycles. The van der Waals surface area contributed by atoms with Gasteiger partial charge in [0.25, 0.3) is 11.8 Å². The Kier molecular flexibility index (Phi) is 5.15. The molecule has 2 aromatic rings. The average Bonchev–Trinajstić information content (AvgIpc) is 2.93. The van der Waals surface area contributed by atoms with E-state index >= 15 is 0 Å². The first-order valence-corrected chi connectivity index (χ1v) is 7.07. The van der Waals surface area contributed by atoms with E-state index in [0.717, 1.165) is 6.54 Å². The van der Waals surface area contributed by atoms with E-state index in [0.29, 0.717) is 42.0 Å². The van der Waals surface area contributed by atoms with Crippen LogP contribution in [-0.4, -0.2) is 46.6 Å². The number of aromatic nitrogens is 2. The third kappa shape index (κ3) is 3.28. The van der Waals surface area contributed by atoms with E-state index < -0.39 is 0 Å². The second-order valence-corrected chi connectivity index (χ2v) is 5.30. The number of nitrogens with zero attached hydrogens (tertiary/aromatic N) is 3. The first-order valence-electron chi connectivity index (χ1n) is 7.07. The highest BCUT2D eigenvalue weighted by Gasteiger charge is 2.25. The maximum atomic E-state index is 12.8. The molecule has 1 amide bonds. The van der Waals surface area contributed by atoms with E-state index in [9.17, 15) is 4.79 Å². The average molecular weight is 323 g/mol. The van der Waals surface area contributed by atoms with Gasteiger partial charge in [-0.05, 0) is 26.0 Å². The summed E-state index contributed by atoms with van der Waals surface area (Å²) in [7, 11) is 0. The third-order valence-corrected chi connectivity index (χ3v) is 3.57. The lowest BCUT2D eigenvalue weighted by molar-refractivity contribution is 0.0709. The zero-order chi connectivity index (χ0) is 14.8. The minimum Gasteiger partial charge on any atom is -0.336 e. The second kappa shape index (κ2) is 6.89. The van der Waals surface area contributed by atoms with Gasteiger partial charge in [0.2, 0.25) is 0 Å². The van der Waals surface area contributed by atoms with Crippen molar-refractivity contribution in [2.45, 2.75) is 19.9 Å². The Balaban J connectivity index is 0.00000176. The van der Waals surface area contributed by atoms with Crippen LogP contribution in [0.25, 0.3) is 11.5 Å². The van der Waals surface area contributed by atoms with Crippen molar-refractivity contribution in [1.82, 2.24) is 20.4 Å². The number of aryl methyl sites for hydroxylation is 1. The summed E-state index contributed by atoms with van der Waals surface area (Å²) in [6, 6.07) is 7.67. The van der Waals surface area contributed by atoms with E-state index in [1.807, 2.05) is 29.2 Å². The summed E-state index contributed by atoms with van der Waals surface area (Å²) in [4.78, 5) is 18.8. The Morgan fingerprint density at radius 1 is 1.41 bits per heavy atom. The number of hydrogen-bond acceptors (Lipinski definition) is 5. The number of benzene rings is 1. The van der Waals surface area contributed by atoms with Gasteiger partial charge in [-0.1, -0.05) is 17.3 Å². The number of carbonyl (C=O) groups is 1. The first kappa shape index (κ1) is 16.5. The van der Waals surface area contributed by atoms with E-state index in [-0.39, 0.29) is 18.3 Å². The lowest BCUT2D eigenvalue weighted by Gasteiger charge is -2.32. The minimum atomic E-state index is 0. The lowest BCUT2D eigenvalue weighted by Crippen LogP contribution is -2.51. The standard InChI is InChI=1S/C15H18N4O2.ClH/c1-10-9-19(8-7-16-10)15(20)13-6-4-3-5-12(13)14-17-11(2)18-21-14;/h3-6,10,16H,7-9H2,1-2H3;1H. The molecule has 0 bridgehead atoms. The number of rotatable bonds is 2. The maximum Gasteiger partial charge on any atom is 0.258 e. The summed E-state index contributed by atoms with van der Waals surface area (Å²) in [5.74, 6) is 0.956. The van der Waals surface area contributed by atoms with Gasteiger partial charge in [0.1, 0.15) is 0 Å². The number of hydrogen-bond donors (Lipinski definition) is 1. The highest BCUT2D eigenvalue weighted by Crippen LogP contribution is 2.23. The van der Waals surface area contributed by atoms with Gasteiger partial charge in [0.15, 0.2) is 5.82 Å². The van der Waals surface area contributed by atoms with Gasteiger partial charge in [-0.2, -0.15) is 4.98 Å². The fraction of sp³-hybridized carbons (Fsp3) is 0.400. The highest BCUT2D eigenvalue weighted by atomic mass is 35.5. The van der Waals surface area contributed by atoms with Crippen LogP contribution in [0.1, 0.15) is 23.1 Å². The Hall–Kier alpha value is -1.92. The van der Waals surface area contributed by atoms with E-state index in [4.69, 9.17) is 4.52 Å². The minimum absolute atomic E-state index is 0. The second-order valence-electron chi connectivity index (χ2n) is 5.30. The van der Waals surface area contributed by atoms with Crippen LogP contribution in [0.3, 0.4) is 0 Å². The predicted molar refractivity (Wildman–Crippen MR) is 85.1 cm³/mol. The molecule has 1 aromatic heterocycles. The predicted octanol–water partition coefficient (Wildman–Crippen LogP) is 1.90. The van der Waals surface area contributed by atoms with Gasteiger partial charge < -0.3 is 14.7 Å². The van der Waals surface area contributed by atoms with E-state index in [1.165, 1.54) is 0 Å². The summed E-state index contributed by atoms with van der Waals surface area (Å²) in [5, 5.41) is 7.13. The van der Waals surface area contributed by atoms with Crippen LogP contribution in [0.15, 0.2) is 28.8 Å². The molecule has 0 spiro atoms. The van der Waals surface area contributed by atoms with E-state index in [1.54, 1.807) is 6.92 Å². The largest absolute Gasteiger partial charge is 0.336 e. The fourth-order valence-electron chi connectivity index (χ4n) is 2.55. The summed E-state index contributed by atoms with van der Waals surface area (Å²) in [6.45, 7) is 6.06. The molecule has 1 atom stereocenters. The van der Waals surface area contributed by atoms with Crippen molar-refractivity contribution in [3.63, 3.8) is 0 Å². The van der Waals surface area contributed by atoms with Crippen LogP contribution in [0.5, 0.6) is 0 Å². The summed E-state index contributed by atoms with van der Waals surface area (Å²) in [6.07, 6.45) is 0. The van der Waals surface area contributed by atoms with Crippen LogP contribution >= 0.6 is 12.4 Å². The number of carbonyl (C=O) groups excluding carboxylic acids is 1. The normalized spacial score (nSPS) is 17.9. The Bertz CT molecular complexity index is 658. The molecule has 1 N–H and O–H groups in total. The third-order valence-electron chi connectivity index (χ3n) is 3.57. The molecule has 1 fully saturated rings. The summed E-state index contributed by atoms with van der Waals surface area (Å²) < 4.78 is 5.21. The summed E-state index contributed by atoms with van der Waals surface area (Å²) in [5.41, 5.74) is 1.30. The molecule has 7 heteroatoms. The lowest BCUT2D eigenvalue weighted by atomic mass is 10.1. The fourth-order valence-corrected chi connectivity index (χ4v) is 2.55. The molecule has 6 nitrogen and oxygen atoms in total. The zero-order valence-corrected chi connectivity index (χ0v) is 13.4. The van der Waals surface area contributed by atoms with Gasteiger partial charge in [-0.25, -0.2) is 0 Å². The van der Waals surface area contributed by atoms with Crippen LogP contribution < -0.4 is 5.32 Å². The van der Waals surface area contributed by atoms with Crippen molar-refractivity contribution in [2.75, 3.05) is 19.6 Å². The van der Waals surface area contributed by atoms with Crippen LogP contribution in [0, 0.1) is 6.92 Å². The molecule has 1 aromatic carbocycles. The monoisotopic (exact) mass is 322 g/mol. The molecular formula is C15H19ClN4O2. The molecular weight excluding hydrogens is 304 g/mol. The van der Waals surface area contributed by atoms with Crippen LogP contribution in [0.2, 0.25) is 0 Å². The topological polar surface area (TPSA) is 71.3 Å². The molecule has 0 radical (unpaired) electrons. The Morgan fingerprint density at radius 3 is 2.86 bits per heavy atom. The van der Waals surface area contributed by atoms with Crippen molar-refractivity contribution >= 4 is 18.3 Å². The van der Waals surface area contributed by atoms with Crippen LogP contribution in [0.4, 0.5) is 0 Å². The number of nitrogens with one attached hydrogen (secondary N) is 1. The van der Waals surface area contributed by atoms with Crippen molar-refractivity contribution in [2.24, 2.45) is 0 Å². The number of piperazine rings is 1. The Labute approximate surface area is 135 Å². The molecule has 118 valence electrons. The smallest absolute Gasteiger partial charge is 0.258 e.